The molecule has 4 nitrogen and oxygen atoms in total. The predicted molar refractivity (Wildman–Crippen MR) is 101 cm³/mol. The summed E-state index contributed by atoms with van der Waals surface area (Å²) >= 11 is 0. The van der Waals surface area contributed by atoms with E-state index in [0.29, 0.717) is 13.0 Å². The zero-order valence-corrected chi connectivity index (χ0v) is 15.0. The molecule has 25 heavy (non-hydrogen) atoms. The van der Waals surface area contributed by atoms with Gasteiger partial charge in [-0.15, -0.1) is 0 Å². The second-order valence-electron chi connectivity index (χ2n) is 6.45. The SMILES string of the molecule is CCCCc1ccc(CC(=O)NCc2nc3ccccc3n2C)cc1. The summed E-state index contributed by atoms with van der Waals surface area (Å²) in [7, 11) is 1.98. The number of amides is 1. The van der Waals surface area contributed by atoms with Crippen LogP contribution < -0.4 is 5.32 Å². The van der Waals surface area contributed by atoms with Crippen molar-refractivity contribution in [1.82, 2.24) is 14.9 Å². The highest BCUT2D eigenvalue weighted by Gasteiger charge is 2.09. The van der Waals surface area contributed by atoms with E-state index in [2.05, 4.69) is 41.5 Å². The maximum absolute atomic E-state index is 12.2. The molecule has 1 amide bonds. The van der Waals surface area contributed by atoms with Crippen molar-refractivity contribution in [2.45, 2.75) is 39.2 Å². The van der Waals surface area contributed by atoms with E-state index >= 15 is 0 Å². The van der Waals surface area contributed by atoms with E-state index in [1.807, 2.05) is 35.9 Å². The van der Waals surface area contributed by atoms with E-state index in [-0.39, 0.29) is 5.91 Å². The summed E-state index contributed by atoms with van der Waals surface area (Å²) in [6.07, 6.45) is 3.91. The van der Waals surface area contributed by atoms with Gasteiger partial charge in [-0.2, -0.15) is 0 Å². The molecule has 2 aromatic carbocycles. The van der Waals surface area contributed by atoms with Gasteiger partial charge in [0.25, 0.3) is 0 Å². The number of fused-ring (bicyclic) bond motifs is 1. The molecular weight excluding hydrogens is 310 g/mol. The number of unbranched alkanes of at least 4 members (excludes halogenated alkanes) is 1. The first-order chi connectivity index (χ1) is 12.2. The van der Waals surface area contributed by atoms with Crippen LogP contribution in [0.1, 0.15) is 36.7 Å². The number of carbonyl (C=O) groups is 1. The topological polar surface area (TPSA) is 46.9 Å². The Kier molecular flexibility index (Phi) is 5.49. The number of hydrogen-bond acceptors (Lipinski definition) is 2. The van der Waals surface area contributed by atoms with Crippen molar-refractivity contribution in [2.24, 2.45) is 7.05 Å². The Hall–Kier alpha value is -2.62. The predicted octanol–water partition coefficient (Wildman–Crippen LogP) is 3.77. The number of carbonyl (C=O) groups excluding carboxylic acids is 1. The number of benzene rings is 2. The summed E-state index contributed by atoms with van der Waals surface area (Å²) in [6, 6.07) is 16.4. The van der Waals surface area contributed by atoms with Crippen molar-refractivity contribution in [3.8, 4) is 0 Å². The van der Waals surface area contributed by atoms with Crippen LogP contribution in [0, 0.1) is 0 Å². The Labute approximate surface area is 148 Å². The van der Waals surface area contributed by atoms with Gasteiger partial charge in [0.2, 0.25) is 5.91 Å². The zero-order chi connectivity index (χ0) is 17.6. The summed E-state index contributed by atoms with van der Waals surface area (Å²) in [4.78, 5) is 16.8. The van der Waals surface area contributed by atoms with Gasteiger partial charge in [0, 0.05) is 7.05 Å². The Morgan fingerprint density at radius 2 is 1.80 bits per heavy atom. The van der Waals surface area contributed by atoms with E-state index in [1.165, 1.54) is 18.4 Å². The van der Waals surface area contributed by atoms with Crippen molar-refractivity contribution < 1.29 is 4.79 Å². The van der Waals surface area contributed by atoms with E-state index in [9.17, 15) is 4.79 Å². The lowest BCUT2D eigenvalue weighted by Crippen LogP contribution is -2.26. The first kappa shape index (κ1) is 17.2. The number of rotatable bonds is 7. The number of hydrogen-bond donors (Lipinski definition) is 1. The summed E-state index contributed by atoms with van der Waals surface area (Å²) < 4.78 is 2.03. The molecule has 130 valence electrons. The Balaban J connectivity index is 1.56. The van der Waals surface area contributed by atoms with Crippen LogP contribution in [0.4, 0.5) is 0 Å². The van der Waals surface area contributed by atoms with Gasteiger partial charge in [0.05, 0.1) is 24.0 Å². The Bertz CT molecular complexity index is 849. The number of nitrogens with one attached hydrogen (secondary N) is 1. The first-order valence-electron chi connectivity index (χ1n) is 8.92. The summed E-state index contributed by atoms with van der Waals surface area (Å²) in [5, 5.41) is 2.98. The fourth-order valence-electron chi connectivity index (χ4n) is 2.98. The molecule has 0 aliphatic heterocycles. The molecule has 0 saturated carbocycles. The number of para-hydroxylation sites is 2. The third-order valence-electron chi connectivity index (χ3n) is 4.53. The fraction of sp³-hybridized carbons (Fsp3) is 0.333. The van der Waals surface area contributed by atoms with Gasteiger partial charge < -0.3 is 9.88 Å². The van der Waals surface area contributed by atoms with Crippen LogP contribution in [-0.2, 0) is 31.2 Å². The number of aryl methyl sites for hydroxylation is 2. The molecule has 3 rings (SSSR count). The molecule has 3 aromatic rings. The monoisotopic (exact) mass is 335 g/mol. The standard InChI is InChI=1S/C21H25N3O/c1-3-4-7-16-10-12-17(13-11-16)14-21(25)22-15-20-23-18-8-5-6-9-19(18)24(20)2/h5-6,8-13H,3-4,7,14-15H2,1-2H3,(H,22,25). The Morgan fingerprint density at radius 3 is 2.52 bits per heavy atom. The molecule has 0 atom stereocenters. The van der Waals surface area contributed by atoms with Crippen molar-refractivity contribution in [3.05, 3.63) is 65.5 Å². The van der Waals surface area contributed by atoms with Crippen LogP contribution in [0.25, 0.3) is 11.0 Å². The average molecular weight is 335 g/mol. The van der Waals surface area contributed by atoms with E-state index in [4.69, 9.17) is 0 Å². The van der Waals surface area contributed by atoms with Crippen LogP contribution >= 0.6 is 0 Å². The van der Waals surface area contributed by atoms with Crippen LogP contribution in [0.2, 0.25) is 0 Å². The quantitative estimate of drug-likeness (QED) is 0.714. The molecule has 0 unspecified atom stereocenters. The van der Waals surface area contributed by atoms with Gasteiger partial charge in [0.1, 0.15) is 5.82 Å². The number of imidazole rings is 1. The lowest BCUT2D eigenvalue weighted by molar-refractivity contribution is -0.120. The van der Waals surface area contributed by atoms with Crippen molar-refractivity contribution >= 4 is 16.9 Å². The first-order valence-corrected chi connectivity index (χ1v) is 8.92. The fourth-order valence-corrected chi connectivity index (χ4v) is 2.98. The number of nitrogens with zero attached hydrogens (tertiary/aromatic N) is 2. The molecule has 0 bridgehead atoms. The van der Waals surface area contributed by atoms with Crippen LogP contribution in [0.15, 0.2) is 48.5 Å². The van der Waals surface area contributed by atoms with E-state index in [1.54, 1.807) is 0 Å². The van der Waals surface area contributed by atoms with E-state index in [0.717, 1.165) is 28.8 Å². The molecule has 0 radical (unpaired) electrons. The van der Waals surface area contributed by atoms with Gasteiger partial charge >= 0.3 is 0 Å². The van der Waals surface area contributed by atoms with Crippen LogP contribution in [-0.4, -0.2) is 15.5 Å². The third-order valence-corrected chi connectivity index (χ3v) is 4.53. The summed E-state index contributed by atoms with van der Waals surface area (Å²) in [5.74, 6) is 0.887. The van der Waals surface area contributed by atoms with Crippen molar-refractivity contribution in [1.29, 1.82) is 0 Å². The summed E-state index contributed by atoms with van der Waals surface area (Å²) in [5.41, 5.74) is 4.42. The van der Waals surface area contributed by atoms with Gasteiger partial charge in [-0.3, -0.25) is 4.79 Å². The molecule has 1 heterocycles. The second-order valence-corrected chi connectivity index (χ2v) is 6.45. The van der Waals surface area contributed by atoms with Crippen molar-refractivity contribution in [3.63, 3.8) is 0 Å². The molecule has 0 spiro atoms. The minimum atomic E-state index is 0.0216. The molecule has 0 saturated heterocycles. The second kappa shape index (κ2) is 7.97. The lowest BCUT2D eigenvalue weighted by Gasteiger charge is -2.07. The molecule has 4 heteroatoms. The lowest BCUT2D eigenvalue weighted by atomic mass is 10.0. The smallest absolute Gasteiger partial charge is 0.224 e. The molecule has 0 fully saturated rings. The third kappa shape index (κ3) is 4.27. The highest BCUT2D eigenvalue weighted by atomic mass is 16.1. The Morgan fingerprint density at radius 1 is 1.08 bits per heavy atom. The molecular formula is C21H25N3O. The highest BCUT2D eigenvalue weighted by Crippen LogP contribution is 2.14. The van der Waals surface area contributed by atoms with Gasteiger partial charge in [0.15, 0.2) is 0 Å². The van der Waals surface area contributed by atoms with Crippen LogP contribution in [0.3, 0.4) is 0 Å². The van der Waals surface area contributed by atoms with Gasteiger partial charge in [-0.05, 0) is 36.1 Å². The highest BCUT2D eigenvalue weighted by molar-refractivity contribution is 5.79. The zero-order valence-electron chi connectivity index (χ0n) is 15.0. The minimum Gasteiger partial charge on any atom is -0.349 e. The van der Waals surface area contributed by atoms with E-state index < -0.39 is 0 Å². The molecule has 1 aromatic heterocycles. The molecule has 1 N–H and O–H groups in total. The van der Waals surface area contributed by atoms with Gasteiger partial charge in [-0.1, -0.05) is 49.7 Å². The molecule has 0 aliphatic rings. The normalized spacial score (nSPS) is 11.0. The maximum Gasteiger partial charge on any atom is 0.224 e. The number of aromatic nitrogens is 2. The van der Waals surface area contributed by atoms with Gasteiger partial charge in [-0.25, -0.2) is 4.98 Å². The van der Waals surface area contributed by atoms with Crippen LogP contribution in [0.5, 0.6) is 0 Å². The maximum atomic E-state index is 12.2. The van der Waals surface area contributed by atoms with Crippen molar-refractivity contribution in [2.75, 3.05) is 0 Å². The largest absolute Gasteiger partial charge is 0.349 e. The average Bonchev–Trinajstić information content (AvgIpc) is 2.96. The minimum absolute atomic E-state index is 0.0216. The summed E-state index contributed by atoms with van der Waals surface area (Å²) in [6.45, 7) is 2.64. The molecule has 0 aliphatic carbocycles.